The third-order valence-corrected chi connectivity index (χ3v) is 8.47. The van der Waals surface area contributed by atoms with E-state index in [9.17, 15) is 13.2 Å². The van der Waals surface area contributed by atoms with Gasteiger partial charge in [0, 0.05) is 56.2 Å². The summed E-state index contributed by atoms with van der Waals surface area (Å²) in [6.45, 7) is 4.87. The SMILES string of the molecule is C[C@@H]1CN(C(=O)[C@H]2CC[C@H](Nc3nccc(-n4ncc5c(OCCCS(C)(=O)=O)cccc54)n3)CC2)CCN1. The highest BCUT2D eigenvalue weighted by Crippen LogP contribution is 2.29. The van der Waals surface area contributed by atoms with Crippen LogP contribution in [0.25, 0.3) is 16.7 Å². The molecular formula is C27H37N7O4S. The van der Waals surface area contributed by atoms with Crippen LogP contribution >= 0.6 is 0 Å². The number of nitrogens with zero attached hydrogens (tertiary/aromatic N) is 5. The highest BCUT2D eigenvalue weighted by molar-refractivity contribution is 7.90. The summed E-state index contributed by atoms with van der Waals surface area (Å²) in [6, 6.07) is 8.05. The second-order valence-corrected chi connectivity index (χ2v) is 12.9. The first-order valence-electron chi connectivity index (χ1n) is 13.7. The molecule has 0 unspecified atom stereocenters. The van der Waals surface area contributed by atoms with Crippen LogP contribution in [0.4, 0.5) is 5.95 Å². The molecule has 210 valence electrons. The highest BCUT2D eigenvalue weighted by atomic mass is 32.2. The van der Waals surface area contributed by atoms with E-state index in [0.717, 1.165) is 56.2 Å². The number of rotatable bonds is 9. The number of benzene rings is 1. The van der Waals surface area contributed by atoms with Crippen molar-refractivity contribution in [2.45, 2.75) is 51.1 Å². The van der Waals surface area contributed by atoms with Crippen LogP contribution in [-0.2, 0) is 14.6 Å². The van der Waals surface area contributed by atoms with E-state index in [1.807, 2.05) is 23.1 Å². The van der Waals surface area contributed by atoms with Crippen molar-refractivity contribution in [2.24, 2.45) is 5.92 Å². The van der Waals surface area contributed by atoms with E-state index in [2.05, 4.69) is 27.6 Å². The Hall–Kier alpha value is -3.25. The van der Waals surface area contributed by atoms with Gasteiger partial charge in [0.15, 0.2) is 5.82 Å². The van der Waals surface area contributed by atoms with Gasteiger partial charge in [-0.1, -0.05) is 6.07 Å². The Labute approximate surface area is 229 Å². The van der Waals surface area contributed by atoms with Gasteiger partial charge in [-0.05, 0) is 51.2 Å². The van der Waals surface area contributed by atoms with Crippen molar-refractivity contribution in [2.75, 3.05) is 43.6 Å². The minimum absolute atomic E-state index is 0.0896. The van der Waals surface area contributed by atoms with Crippen LogP contribution in [-0.4, -0.2) is 89.3 Å². The molecule has 2 fully saturated rings. The number of nitrogens with one attached hydrogen (secondary N) is 2. The highest BCUT2D eigenvalue weighted by Gasteiger charge is 2.31. The number of carbonyl (C=O) groups is 1. The van der Waals surface area contributed by atoms with Crippen LogP contribution < -0.4 is 15.4 Å². The van der Waals surface area contributed by atoms with Gasteiger partial charge >= 0.3 is 0 Å². The quantitative estimate of drug-likeness (QED) is 0.382. The average Bonchev–Trinajstić information content (AvgIpc) is 3.36. The van der Waals surface area contributed by atoms with Crippen LogP contribution in [0.1, 0.15) is 39.0 Å². The first-order valence-corrected chi connectivity index (χ1v) is 15.7. The van der Waals surface area contributed by atoms with E-state index < -0.39 is 9.84 Å². The molecule has 1 saturated carbocycles. The topological polar surface area (TPSA) is 131 Å². The molecule has 39 heavy (non-hydrogen) atoms. The molecule has 1 saturated heterocycles. The molecule has 0 bridgehead atoms. The van der Waals surface area contributed by atoms with Crippen molar-refractivity contribution in [1.82, 2.24) is 30.0 Å². The standard InChI is InChI=1S/C27H37N7O4S/c1-19-18-33(14-13-28-19)26(35)20-7-9-21(10-8-20)31-27-29-12-11-25(32-27)34-23-5-3-6-24(22(23)17-30-34)38-15-4-16-39(2,36)37/h3,5-6,11-12,17,19-21,28H,4,7-10,13-16,18H2,1-2H3,(H,29,31,32)/t19-,20-,21-/m1/s1. The summed E-state index contributed by atoms with van der Waals surface area (Å²) in [7, 11) is -3.02. The van der Waals surface area contributed by atoms with Gasteiger partial charge in [0.05, 0.1) is 29.5 Å². The van der Waals surface area contributed by atoms with Crippen molar-refractivity contribution in [3.05, 3.63) is 36.7 Å². The van der Waals surface area contributed by atoms with Gasteiger partial charge in [-0.25, -0.2) is 18.1 Å². The Morgan fingerprint density at radius 1 is 1.21 bits per heavy atom. The number of hydrogen-bond donors (Lipinski definition) is 2. The fraction of sp³-hybridized carbons (Fsp3) is 0.556. The molecule has 1 atom stereocenters. The van der Waals surface area contributed by atoms with Crippen LogP contribution in [0, 0.1) is 5.92 Å². The number of ether oxygens (including phenoxy) is 1. The molecule has 0 spiro atoms. The molecule has 12 heteroatoms. The van der Waals surface area contributed by atoms with Crippen molar-refractivity contribution < 1.29 is 17.9 Å². The van der Waals surface area contributed by atoms with Gasteiger partial charge in [0.25, 0.3) is 0 Å². The van der Waals surface area contributed by atoms with Gasteiger partial charge in [-0.15, -0.1) is 0 Å². The Kier molecular flexibility index (Phi) is 8.31. The lowest BCUT2D eigenvalue weighted by Gasteiger charge is -2.36. The van der Waals surface area contributed by atoms with E-state index in [1.54, 1.807) is 23.1 Å². The van der Waals surface area contributed by atoms with E-state index >= 15 is 0 Å². The molecule has 1 aliphatic carbocycles. The van der Waals surface area contributed by atoms with Gasteiger partial charge in [0.2, 0.25) is 11.9 Å². The number of piperazine rings is 1. The molecule has 2 N–H and O–H groups in total. The first-order chi connectivity index (χ1) is 18.8. The van der Waals surface area contributed by atoms with E-state index in [0.29, 0.717) is 42.5 Å². The summed E-state index contributed by atoms with van der Waals surface area (Å²) in [4.78, 5) is 24.2. The minimum atomic E-state index is -3.02. The number of hydrogen-bond acceptors (Lipinski definition) is 9. The number of carbonyl (C=O) groups excluding carboxylic acids is 1. The van der Waals surface area contributed by atoms with Crippen LogP contribution in [0.5, 0.6) is 5.75 Å². The van der Waals surface area contributed by atoms with Crippen LogP contribution in [0.2, 0.25) is 0 Å². The molecular weight excluding hydrogens is 518 g/mol. The lowest BCUT2D eigenvalue weighted by molar-refractivity contribution is -0.137. The lowest BCUT2D eigenvalue weighted by atomic mass is 9.85. The summed E-state index contributed by atoms with van der Waals surface area (Å²) in [5.74, 6) is 2.31. The molecule has 5 rings (SSSR count). The largest absolute Gasteiger partial charge is 0.493 e. The molecule has 3 aromatic rings. The third kappa shape index (κ3) is 6.85. The third-order valence-electron chi connectivity index (χ3n) is 7.44. The second-order valence-electron chi connectivity index (χ2n) is 10.6. The smallest absolute Gasteiger partial charge is 0.225 e. The van der Waals surface area contributed by atoms with Gasteiger partial charge < -0.3 is 20.3 Å². The first kappa shape index (κ1) is 27.3. The number of amides is 1. The monoisotopic (exact) mass is 555 g/mol. The van der Waals surface area contributed by atoms with Crippen molar-refractivity contribution in [1.29, 1.82) is 0 Å². The lowest BCUT2D eigenvalue weighted by Crippen LogP contribution is -2.53. The van der Waals surface area contributed by atoms with Gasteiger partial charge in [-0.2, -0.15) is 10.1 Å². The zero-order valence-electron chi connectivity index (χ0n) is 22.5. The van der Waals surface area contributed by atoms with Crippen LogP contribution in [0.15, 0.2) is 36.7 Å². The van der Waals surface area contributed by atoms with Crippen molar-refractivity contribution >= 4 is 32.6 Å². The maximum atomic E-state index is 13.0. The second kappa shape index (κ2) is 11.9. The Bertz CT molecular complexity index is 1400. The summed E-state index contributed by atoms with van der Waals surface area (Å²) in [5, 5.41) is 12.2. The van der Waals surface area contributed by atoms with Crippen LogP contribution in [0.3, 0.4) is 0 Å². The molecule has 11 nitrogen and oxygen atoms in total. The van der Waals surface area contributed by atoms with E-state index in [-0.39, 0.29) is 17.7 Å². The molecule has 1 aromatic carbocycles. The minimum Gasteiger partial charge on any atom is -0.493 e. The summed E-state index contributed by atoms with van der Waals surface area (Å²) >= 11 is 0. The Balaban J connectivity index is 1.20. The van der Waals surface area contributed by atoms with Gasteiger partial charge in [0.1, 0.15) is 15.6 Å². The predicted octanol–water partition coefficient (Wildman–Crippen LogP) is 2.42. The van der Waals surface area contributed by atoms with E-state index in [4.69, 9.17) is 9.72 Å². The Morgan fingerprint density at radius 2 is 2.03 bits per heavy atom. The molecule has 2 aliphatic rings. The molecule has 3 heterocycles. The number of aromatic nitrogens is 4. The molecule has 2 aromatic heterocycles. The van der Waals surface area contributed by atoms with Crippen molar-refractivity contribution in [3.63, 3.8) is 0 Å². The number of sulfone groups is 1. The number of anilines is 1. The zero-order valence-corrected chi connectivity index (χ0v) is 23.4. The average molecular weight is 556 g/mol. The fourth-order valence-corrected chi connectivity index (χ4v) is 6.07. The zero-order chi connectivity index (χ0) is 27.4. The van der Waals surface area contributed by atoms with Crippen molar-refractivity contribution in [3.8, 4) is 11.6 Å². The maximum Gasteiger partial charge on any atom is 0.225 e. The number of fused-ring (bicyclic) bond motifs is 1. The summed E-state index contributed by atoms with van der Waals surface area (Å²) < 4.78 is 30.4. The normalized spacial score (nSPS) is 22.1. The maximum absolute atomic E-state index is 13.0. The summed E-state index contributed by atoms with van der Waals surface area (Å²) in [6.07, 6.45) is 8.63. The van der Waals surface area contributed by atoms with Gasteiger partial charge in [-0.3, -0.25) is 4.79 Å². The molecule has 1 amide bonds. The fourth-order valence-electron chi connectivity index (χ4n) is 5.43. The molecule has 1 aliphatic heterocycles. The van der Waals surface area contributed by atoms with E-state index in [1.165, 1.54) is 6.26 Å². The Morgan fingerprint density at radius 3 is 2.79 bits per heavy atom. The molecule has 0 radical (unpaired) electrons. The predicted molar refractivity (Wildman–Crippen MR) is 150 cm³/mol. The summed E-state index contributed by atoms with van der Waals surface area (Å²) in [5.41, 5.74) is 0.835.